The molecule has 0 radical (unpaired) electrons. The fourth-order valence-corrected chi connectivity index (χ4v) is 1.93. The monoisotopic (exact) mass is 274 g/mol. The van der Waals surface area contributed by atoms with Gasteiger partial charge in [-0.25, -0.2) is 0 Å². The van der Waals surface area contributed by atoms with Gasteiger partial charge < -0.3 is 9.80 Å². The van der Waals surface area contributed by atoms with Crippen LogP contribution < -0.4 is 0 Å². The van der Waals surface area contributed by atoms with E-state index in [2.05, 4.69) is 23.3 Å². The predicted octanol–water partition coefficient (Wildman–Crippen LogP) is 3.06. The summed E-state index contributed by atoms with van der Waals surface area (Å²) in [5.74, 6) is 0.355. The first-order valence-electron chi connectivity index (χ1n) is 5.92. The number of allylic oxidation sites excluding steroid dienone is 4. The molecule has 0 aromatic heterocycles. The average Bonchev–Trinajstić information content (AvgIpc) is 2.38. The summed E-state index contributed by atoms with van der Waals surface area (Å²) >= 11 is 11.4. The Kier molecular flexibility index (Phi) is 6.71. The number of alkyl halides is 1. The van der Waals surface area contributed by atoms with Crippen molar-refractivity contribution in [2.24, 2.45) is 0 Å². The van der Waals surface area contributed by atoms with Crippen molar-refractivity contribution in [2.45, 2.75) is 6.92 Å². The average molecular weight is 275 g/mol. The minimum Gasteiger partial charge on any atom is -0.369 e. The van der Waals surface area contributed by atoms with Crippen LogP contribution in [0.1, 0.15) is 6.92 Å². The van der Waals surface area contributed by atoms with Crippen LogP contribution in [0.2, 0.25) is 0 Å². The molecule has 0 aromatic carbocycles. The van der Waals surface area contributed by atoms with Gasteiger partial charge in [0.2, 0.25) is 0 Å². The van der Waals surface area contributed by atoms with E-state index in [9.17, 15) is 0 Å². The number of hydrogen-bond donors (Lipinski definition) is 0. The molecule has 2 nitrogen and oxygen atoms in total. The van der Waals surface area contributed by atoms with Crippen LogP contribution in [-0.4, -0.2) is 48.4 Å². The maximum atomic E-state index is 5.80. The minimum absolute atomic E-state index is 0.355. The maximum Gasteiger partial charge on any atom is 0.0581 e. The molecule has 96 valence electrons. The molecule has 0 saturated carbocycles. The van der Waals surface area contributed by atoms with Crippen molar-refractivity contribution in [2.75, 3.05) is 38.6 Å². The van der Waals surface area contributed by atoms with E-state index < -0.39 is 0 Å². The van der Waals surface area contributed by atoms with Crippen LogP contribution in [0.3, 0.4) is 0 Å². The summed E-state index contributed by atoms with van der Waals surface area (Å²) in [7, 11) is 0. The summed E-state index contributed by atoms with van der Waals surface area (Å²) in [5.41, 5.74) is 1.04. The van der Waals surface area contributed by atoms with Gasteiger partial charge in [-0.2, -0.15) is 0 Å². The van der Waals surface area contributed by atoms with Gasteiger partial charge in [-0.1, -0.05) is 31.2 Å². The molecule has 1 saturated heterocycles. The zero-order chi connectivity index (χ0) is 12.7. The van der Waals surface area contributed by atoms with Gasteiger partial charge in [-0.05, 0) is 18.7 Å². The SMILES string of the molecule is C=C(/C=C\C=C(\Cl)CCl)N1CCN(CC)CC1. The Balaban J connectivity index is 2.39. The third-order valence-electron chi connectivity index (χ3n) is 2.92. The standard InChI is InChI=1S/C13H20Cl2N2/c1-3-16-7-9-17(10-8-16)12(2)5-4-6-13(15)11-14/h4-6H,2-3,7-11H2,1H3/b5-4-,13-6+. The molecule has 17 heavy (non-hydrogen) atoms. The van der Waals surface area contributed by atoms with Crippen molar-refractivity contribution in [1.29, 1.82) is 0 Å². The first kappa shape index (κ1) is 14.6. The molecule has 0 aliphatic carbocycles. The van der Waals surface area contributed by atoms with E-state index in [1.165, 1.54) is 0 Å². The van der Waals surface area contributed by atoms with E-state index >= 15 is 0 Å². The summed E-state index contributed by atoms with van der Waals surface area (Å²) in [5, 5.41) is 0.645. The molecule has 1 fully saturated rings. The lowest BCUT2D eigenvalue weighted by molar-refractivity contribution is 0.169. The molecular formula is C13H20Cl2N2. The van der Waals surface area contributed by atoms with Gasteiger partial charge in [0.25, 0.3) is 0 Å². The lowest BCUT2D eigenvalue weighted by Gasteiger charge is -2.35. The Morgan fingerprint density at radius 3 is 2.47 bits per heavy atom. The number of rotatable bonds is 5. The minimum atomic E-state index is 0.355. The summed E-state index contributed by atoms with van der Waals surface area (Å²) in [6, 6.07) is 0. The lowest BCUT2D eigenvalue weighted by atomic mass is 10.2. The quantitative estimate of drug-likeness (QED) is 0.562. The van der Waals surface area contributed by atoms with Crippen LogP contribution in [-0.2, 0) is 0 Å². The van der Waals surface area contributed by atoms with Crippen LogP contribution in [0.15, 0.2) is 35.5 Å². The van der Waals surface area contributed by atoms with Crippen LogP contribution in [0.4, 0.5) is 0 Å². The van der Waals surface area contributed by atoms with Crippen LogP contribution >= 0.6 is 23.2 Å². The van der Waals surface area contributed by atoms with Gasteiger partial charge in [-0.3, -0.25) is 0 Å². The zero-order valence-electron chi connectivity index (χ0n) is 10.3. The Bertz CT molecular complexity index is 303. The van der Waals surface area contributed by atoms with Gasteiger partial charge in [0.15, 0.2) is 0 Å². The Morgan fingerprint density at radius 1 is 1.29 bits per heavy atom. The second kappa shape index (κ2) is 7.80. The highest BCUT2D eigenvalue weighted by molar-refractivity contribution is 6.35. The number of likely N-dealkylation sites (N-methyl/N-ethyl adjacent to an activating group) is 1. The number of halogens is 2. The molecule has 0 aromatic rings. The second-order valence-corrected chi connectivity index (χ2v) is 4.77. The van der Waals surface area contributed by atoms with E-state index in [1.807, 2.05) is 18.2 Å². The molecule has 1 aliphatic rings. The number of hydrogen-bond acceptors (Lipinski definition) is 2. The van der Waals surface area contributed by atoms with Gasteiger partial charge in [0.05, 0.1) is 5.88 Å². The smallest absolute Gasteiger partial charge is 0.0581 e. The normalized spacial score (nSPS) is 19.0. The van der Waals surface area contributed by atoms with Crippen molar-refractivity contribution in [3.63, 3.8) is 0 Å². The molecule has 0 atom stereocenters. The molecule has 0 unspecified atom stereocenters. The maximum absolute atomic E-state index is 5.80. The van der Waals surface area contributed by atoms with Gasteiger partial charge in [0.1, 0.15) is 0 Å². The highest BCUT2D eigenvalue weighted by Crippen LogP contribution is 2.10. The molecule has 1 aliphatic heterocycles. The van der Waals surface area contributed by atoms with E-state index in [1.54, 1.807) is 0 Å². The van der Waals surface area contributed by atoms with E-state index in [4.69, 9.17) is 23.2 Å². The summed E-state index contributed by atoms with van der Waals surface area (Å²) in [4.78, 5) is 4.74. The molecule has 0 N–H and O–H groups in total. The van der Waals surface area contributed by atoms with Gasteiger partial charge >= 0.3 is 0 Å². The van der Waals surface area contributed by atoms with Crippen LogP contribution in [0.25, 0.3) is 0 Å². The molecule has 0 bridgehead atoms. The summed E-state index contributed by atoms with van der Waals surface area (Å²) in [6.07, 6.45) is 5.69. The number of piperazine rings is 1. The predicted molar refractivity (Wildman–Crippen MR) is 76.6 cm³/mol. The first-order valence-corrected chi connectivity index (χ1v) is 6.83. The highest BCUT2D eigenvalue weighted by Gasteiger charge is 2.14. The fourth-order valence-electron chi connectivity index (χ4n) is 1.76. The third kappa shape index (κ3) is 5.15. The third-order valence-corrected chi connectivity index (χ3v) is 3.60. The van der Waals surface area contributed by atoms with Crippen molar-refractivity contribution >= 4 is 23.2 Å². The lowest BCUT2D eigenvalue weighted by Crippen LogP contribution is -2.45. The van der Waals surface area contributed by atoms with Crippen LogP contribution in [0.5, 0.6) is 0 Å². The summed E-state index contributed by atoms with van der Waals surface area (Å²) in [6.45, 7) is 11.7. The van der Waals surface area contributed by atoms with Crippen molar-refractivity contribution < 1.29 is 0 Å². The Labute approximate surface area is 114 Å². The molecule has 4 heteroatoms. The zero-order valence-corrected chi connectivity index (χ0v) is 11.8. The molecule has 0 spiro atoms. The van der Waals surface area contributed by atoms with Crippen molar-refractivity contribution in [3.8, 4) is 0 Å². The Hall–Kier alpha value is -0.440. The van der Waals surface area contributed by atoms with Gasteiger partial charge in [-0.15, -0.1) is 11.6 Å². The van der Waals surface area contributed by atoms with Crippen molar-refractivity contribution in [3.05, 3.63) is 35.5 Å². The Morgan fingerprint density at radius 2 is 1.94 bits per heavy atom. The van der Waals surface area contributed by atoms with E-state index in [0.29, 0.717) is 10.9 Å². The first-order chi connectivity index (χ1) is 8.17. The molecule has 0 amide bonds. The van der Waals surface area contributed by atoms with Gasteiger partial charge in [0, 0.05) is 36.9 Å². The molecular weight excluding hydrogens is 255 g/mol. The highest BCUT2D eigenvalue weighted by atomic mass is 35.5. The second-order valence-electron chi connectivity index (χ2n) is 4.02. The van der Waals surface area contributed by atoms with Crippen LogP contribution in [0, 0.1) is 0 Å². The largest absolute Gasteiger partial charge is 0.369 e. The fraction of sp³-hybridized carbons (Fsp3) is 0.538. The number of nitrogens with zero attached hydrogens (tertiary/aromatic N) is 2. The van der Waals surface area contributed by atoms with E-state index in [-0.39, 0.29) is 0 Å². The topological polar surface area (TPSA) is 6.48 Å². The molecule has 1 heterocycles. The summed E-state index contributed by atoms with van der Waals surface area (Å²) < 4.78 is 0. The molecule has 1 rings (SSSR count). The van der Waals surface area contributed by atoms with Crippen molar-refractivity contribution in [1.82, 2.24) is 9.80 Å². The van der Waals surface area contributed by atoms with E-state index in [0.717, 1.165) is 38.4 Å².